The Morgan fingerprint density at radius 2 is 2.00 bits per heavy atom. The molecule has 2 unspecified atom stereocenters. The van der Waals surface area contributed by atoms with Gasteiger partial charge in [-0.3, -0.25) is 0 Å². The predicted molar refractivity (Wildman–Crippen MR) is 67.8 cm³/mol. The maximum absolute atomic E-state index is 5.79. The van der Waals surface area contributed by atoms with Crippen LogP contribution in [0.5, 0.6) is 0 Å². The van der Waals surface area contributed by atoms with Crippen molar-refractivity contribution < 1.29 is 9.47 Å². The lowest BCUT2D eigenvalue weighted by molar-refractivity contribution is -0.0607. The molecule has 0 aliphatic carbocycles. The lowest BCUT2D eigenvalue weighted by Crippen LogP contribution is -2.15. The fourth-order valence-corrected chi connectivity index (χ4v) is 2.00. The molecule has 1 aromatic rings. The molecule has 0 radical (unpaired) electrons. The van der Waals surface area contributed by atoms with Gasteiger partial charge in [0.05, 0.1) is 12.7 Å². The third kappa shape index (κ3) is 3.06. The summed E-state index contributed by atoms with van der Waals surface area (Å²) in [6, 6.07) is 8.46. The summed E-state index contributed by atoms with van der Waals surface area (Å²) >= 11 is 0. The smallest absolute Gasteiger partial charge is 0.184 e. The standard InChI is InChI=1S/C14H21NO2/c1-10(2)11-3-5-12(6-4-11)14-16-9-13(17-14)7-8-15/h3-6,10,13-14H,7-9,15H2,1-2H3. The Labute approximate surface area is 103 Å². The average molecular weight is 235 g/mol. The van der Waals surface area contributed by atoms with Crippen molar-refractivity contribution in [3.63, 3.8) is 0 Å². The van der Waals surface area contributed by atoms with Gasteiger partial charge in [-0.15, -0.1) is 0 Å². The number of hydrogen-bond donors (Lipinski definition) is 1. The van der Waals surface area contributed by atoms with Crippen LogP contribution in [-0.2, 0) is 9.47 Å². The lowest BCUT2D eigenvalue weighted by atomic mass is 10.0. The molecule has 2 rings (SSSR count). The normalized spacial score (nSPS) is 24.5. The van der Waals surface area contributed by atoms with Gasteiger partial charge in [0, 0.05) is 5.56 Å². The zero-order valence-electron chi connectivity index (χ0n) is 10.6. The van der Waals surface area contributed by atoms with Gasteiger partial charge in [-0.2, -0.15) is 0 Å². The Morgan fingerprint density at radius 3 is 2.59 bits per heavy atom. The van der Waals surface area contributed by atoms with Crippen molar-refractivity contribution in [1.29, 1.82) is 0 Å². The van der Waals surface area contributed by atoms with Crippen LogP contribution in [0, 0.1) is 0 Å². The highest BCUT2D eigenvalue weighted by Crippen LogP contribution is 2.28. The van der Waals surface area contributed by atoms with Crippen LogP contribution in [0.3, 0.4) is 0 Å². The van der Waals surface area contributed by atoms with Gasteiger partial charge in [0.2, 0.25) is 0 Å². The van der Waals surface area contributed by atoms with Crippen LogP contribution in [-0.4, -0.2) is 19.3 Å². The molecule has 1 aliphatic rings. The molecule has 3 heteroatoms. The molecule has 1 saturated heterocycles. The minimum atomic E-state index is -0.215. The first-order chi connectivity index (χ1) is 8.20. The van der Waals surface area contributed by atoms with Gasteiger partial charge in [-0.25, -0.2) is 0 Å². The zero-order chi connectivity index (χ0) is 12.3. The molecule has 1 aliphatic heterocycles. The Morgan fingerprint density at radius 1 is 1.29 bits per heavy atom. The van der Waals surface area contributed by atoms with Crippen molar-refractivity contribution in [2.24, 2.45) is 5.73 Å². The molecule has 2 N–H and O–H groups in total. The summed E-state index contributed by atoms with van der Waals surface area (Å²) in [6.07, 6.45) is 0.795. The van der Waals surface area contributed by atoms with E-state index in [1.54, 1.807) is 0 Å². The summed E-state index contributed by atoms with van der Waals surface area (Å²) in [5.74, 6) is 0.555. The first-order valence-corrected chi connectivity index (χ1v) is 6.27. The van der Waals surface area contributed by atoms with Crippen molar-refractivity contribution in [2.75, 3.05) is 13.2 Å². The van der Waals surface area contributed by atoms with Crippen LogP contribution < -0.4 is 5.73 Å². The highest BCUT2D eigenvalue weighted by Gasteiger charge is 2.26. The lowest BCUT2D eigenvalue weighted by Gasteiger charge is -2.12. The minimum absolute atomic E-state index is 0.148. The first-order valence-electron chi connectivity index (χ1n) is 6.27. The van der Waals surface area contributed by atoms with Crippen LogP contribution in [0.1, 0.15) is 43.6 Å². The van der Waals surface area contributed by atoms with E-state index in [9.17, 15) is 0 Å². The fourth-order valence-electron chi connectivity index (χ4n) is 2.00. The fraction of sp³-hybridized carbons (Fsp3) is 0.571. The predicted octanol–water partition coefficient (Wildman–Crippen LogP) is 2.57. The van der Waals surface area contributed by atoms with E-state index in [2.05, 4.69) is 38.1 Å². The van der Waals surface area contributed by atoms with Crippen LogP contribution >= 0.6 is 0 Å². The van der Waals surface area contributed by atoms with Crippen molar-refractivity contribution >= 4 is 0 Å². The molecular weight excluding hydrogens is 214 g/mol. The van der Waals surface area contributed by atoms with Crippen LogP contribution in [0.2, 0.25) is 0 Å². The monoisotopic (exact) mass is 235 g/mol. The largest absolute Gasteiger partial charge is 0.346 e. The maximum atomic E-state index is 5.79. The van der Waals surface area contributed by atoms with Crippen molar-refractivity contribution in [1.82, 2.24) is 0 Å². The molecule has 0 spiro atoms. The summed E-state index contributed by atoms with van der Waals surface area (Å²) in [7, 11) is 0. The topological polar surface area (TPSA) is 44.5 Å². The summed E-state index contributed by atoms with van der Waals surface area (Å²) in [6.45, 7) is 5.67. The zero-order valence-corrected chi connectivity index (χ0v) is 10.6. The molecule has 3 nitrogen and oxygen atoms in total. The summed E-state index contributed by atoms with van der Waals surface area (Å²) < 4.78 is 11.4. The van der Waals surface area contributed by atoms with Gasteiger partial charge < -0.3 is 15.2 Å². The molecule has 1 heterocycles. The van der Waals surface area contributed by atoms with Gasteiger partial charge in [-0.05, 0) is 24.4 Å². The maximum Gasteiger partial charge on any atom is 0.184 e. The highest BCUT2D eigenvalue weighted by atomic mass is 16.7. The molecule has 0 amide bonds. The number of rotatable bonds is 4. The van der Waals surface area contributed by atoms with Crippen molar-refractivity contribution in [3.8, 4) is 0 Å². The van der Waals surface area contributed by atoms with E-state index in [4.69, 9.17) is 15.2 Å². The molecule has 94 valence electrons. The highest BCUT2D eigenvalue weighted by molar-refractivity contribution is 5.25. The second-order valence-corrected chi connectivity index (χ2v) is 4.82. The molecule has 1 aromatic carbocycles. The molecule has 1 fully saturated rings. The van der Waals surface area contributed by atoms with Crippen LogP contribution in [0.4, 0.5) is 0 Å². The molecule has 0 aromatic heterocycles. The number of ether oxygens (including phenoxy) is 2. The Bertz CT molecular complexity index is 348. The molecule has 2 atom stereocenters. The van der Waals surface area contributed by atoms with Gasteiger partial charge >= 0.3 is 0 Å². The average Bonchev–Trinajstić information content (AvgIpc) is 2.78. The minimum Gasteiger partial charge on any atom is -0.346 e. The second kappa shape index (κ2) is 5.63. The molecule has 17 heavy (non-hydrogen) atoms. The quantitative estimate of drug-likeness (QED) is 0.872. The third-order valence-electron chi connectivity index (χ3n) is 3.11. The van der Waals surface area contributed by atoms with E-state index in [0.717, 1.165) is 12.0 Å². The van der Waals surface area contributed by atoms with Crippen LogP contribution in [0.15, 0.2) is 24.3 Å². The van der Waals surface area contributed by atoms with Gasteiger partial charge in [0.25, 0.3) is 0 Å². The number of benzene rings is 1. The van der Waals surface area contributed by atoms with Gasteiger partial charge in [0.1, 0.15) is 0 Å². The van der Waals surface area contributed by atoms with E-state index in [-0.39, 0.29) is 12.4 Å². The molecule has 0 bridgehead atoms. The Balaban J connectivity index is 1.99. The van der Waals surface area contributed by atoms with Crippen molar-refractivity contribution in [3.05, 3.63) is 35.4 Å². The van der Waals surface area contributed by atoms with Crippen LogP contribution in [0.25, 0.3) is 0 Å². The third-order valence-corrected chi connectivity index (χ3v) is 3.11. The molecule has 0 saturated carbocycles. The summed E-state index contributed by atoms with van der Waals surface area (Å²) in [5.41, 5.74) is 7.94. The SMILES string of the molecule is CC(C)c1ccc(C2OCC(CCN)O2)cc1. The van der Waals surface area contributed by atoms with Gasteiger partial charge in [-0.1, -0.05) is 38.1 Å². The van der Waals surface area contributed by atoms with E-state index in [1.807, 2.05) is 0 Å². The van der Waals surface area contributed by atoms with E-state index >= 15 is 0 Å². The van der Waals surface area contributed by atoms with E-state index < -0.39 is 0 Å². The second-order valence-electron chi connectivity index (χ2n) is 4.82. The Kier molecular flexibility index (Phi) is 4.15. The van der Waals surface area contributed by atoms with Crippen molar-refractivity contribution in [2.45, 2.75) is 38.6 Å². The molecular formula is C14H21NO2. The van der Waals surface area contributed by atoms with E-state index in [1.165, 1.54) is 5.56 Å². The number of nitrogens with two attached hydrogens (primary N) is 1. The summed E-state index contributed by atoms with van der Waals surface area (Å²) in [4.78, 5) is 0. The number of hydrogen-bond acceptors (Lipinski definition) is 3. The first kappa shape index (κ1) is 12.6. The Hall–Kier alpha value is -0.900. The van der Waals surface area contributed by atoms with E-state index in [0.29, 0.717) is 19.1 Å². The van der Waals surface area contributed by atoms with Gasteiger partial charge in [0.15, 0.2) is 6.29 Å². The summed E-state index contributed by atoms with van der Waals surface area (Å²) in [5, 5.41) is 0.